The number of rotatable bonds is 22. The normalized spacial score (nSPS) is 13.8. The van der Waals surface area contributed by atoms with Gasteiger partial charge in [-0.25, -0.2) is 0 Å². The summed E-state index contributed by atoms with van der Waals surface area (Å²) in [5, 5.41) is 0. The van der Waals surface area contributed by atoms with E-state index >= 15 is 0 Å². The lowest BCUT2D eigenvalue weighted by atomic mass is 10.0. The third-order valence-electron chi connectivity index (χ3n) is 5.48. The van der Waals surface area contributed by atoms with E-state index in [1.165, 1.54) is 109 Å². The number of ether oxygens (including phenoxy) is 2. The van der Waals surface area contributed by atoms with Crippen LogP contribution in [0.4, 0.5) is 0 Å². The first-order valence-corrected chi connectivity index (χ1v) is 12.5. The van der Waals surface area contributed by atoms with Crippen molar-refractivity contribution in [2.24, 2.45) is 0 Å². The molecule has 2 heteroatoms. The highest BCUT2D eigenvalue weighted by Crippen LogP contribution is 2.17. The summed E-state index contributed by atoms with van der Waals surface area (Å²) in [6.45, 7) is 10.9. The maximum absolute atomic E-state index is 6.05. The zero-order valence-corrected chi connectivity index (χ0v) is 19.4. The molecule has 0 saturated heterocycles. The molecule has 0 aromatic carbocycles. The minimum atomic E-state index is 0.518. The van der Waals surface area contributed by atoms with E-state index in [0.717, 1.165) is 13.2 Å². The standard InChI is InChI=1S/C25H52O2/c1-5-9-22-26-24(18-7-3)20-16-14-12-11-13-15-17-21-25(19-8-4)27-23-10-6-2/h24-25H,5-23H2,1-4H3. The average Bonchev–Trinajstić information content (AvgIpc) is 2.66. The third-order valence-corrected chi connectivity index (χ3v) is 5.48. The molecule has 0 radical (unpaired) electrons. The minimum absolute atomic E-state index is 0.518. The van der Waals surface area contributed by atoms with Crippen molar-refractivity contribution in [1.82, 2.24) is 0 Å². The smallest absolute Gasteiger partial charge is 0.0575 e. The molecule has 27 heavy (non-hydrogen) atoms. The van der Waals surface area contributed by atoms with Gasteiger partial charge < -0.3 is 9.47 Å². The molecule has 2 nitrogen and oxygen atoms in total. The van der Waals surface area contributed by atoms with Crippen LogP contribution in [0.1, 0.15) is 137 Å². The predicted molar refractivity (Wildman–Crippen MR) is 121 cm³/mol. The Bertz CT molecular complexity index is 241. The second-order valence-corrected chi connectivity index (χ2v) is 8.32. The first-order valence-electron chi connectivity index (χ1n) is 12.5. The van der Waals surface area contributed by atoms with Crippen LogP contribution in [0, 0.1) is 0 Å². The zero-order chi connectivity index (χ0) is 20.0. The van der Waals surface area contributed by atoms with Gasteiger partial charge >= 0.3 is 0 Å². The van der Waals surface area contributed by atoms with Crippen LogP contribution < -0.4 is 0 Å². The molecule has 2 unspecified atom stereocenters. The molecule has 0 spiro atoms. The lowest BCUT2D eigenvalue weighted by Crippen LogP contribution is -2.13. The minimum Gasteiger partial charge on any atom is -0.378 e. The van der Waals surface area contributed by atoms with Crippen molar-refractivity contribution in [1.29, 1.82) is 0 Å². The average molecular weight is 385 g/mol. The first kappa shape index (κ1) is 26.9. The van der Waals surface area contributed by atoms with Gasteiger partial charge in [0.2, 0.25) is 0 Å². The van der Waals surface area contributed by atoms with E-state index in [9.17, 15) is 0 Å². The molecule has 0 aliphatic rings. The summed E-state index contributed by atoms with van der Waals surface area (Å²) in [4.78, 5) is 0. The molecular weight excluding hydrogens is 332 g/mol. The summed E-state index contributed by atoms with van der Waals surface area (Å²) < 4.78 is 12.1. The molecule has 0 saturated carbocycles. The first-order chi connectivity index (χ1) is 13.3. The monoisotopic (exact) mass is 384 g/mol. The summed E-state index contributed by atoms with van der Waals surface area (Å²) in [5.74, 6) is 0. The fraction of sp³-hybridized carbons (Fsp3) is 1.00. The van der Waals surface area contributed by atoms with Gasteiger partial charge in [0, 0.05) is 13.2 Å². The molecule has 2 atom stereocenters. The highest BCUT2D eigenvalue weighted by Gasteiger charge is 2.08. The van der Waals surface area contributed by atoms with Gasteiger partial charge in [0.1, 0.15) is 0 Å². The van der Waals surface area contributed by atoms with Crippen molar-refractivity contribution in [3.8, 4) is 0 Å². The lowest BCUT2D eigenvalue weighted by molar-refractivity contribution is 0.0375. The van der Waals surface area contributed by atoms with Crippen molar-refractivity contribution in [2.75, 3.05) is 13.2 Å². The largest absolute Gasteiger partial charge is 0.378 e. The fourth-order valence-corrected chi connectivity index (χ4v) is 3.68. The lowest BCUT2D eigenvalue weighted by Gasteiger charge is -2.17. The second kappa shape index (κ2) is 22.2. The Morgan fingerprint density at radius 2 is 0.778 bits per heavy atom. The van der Waals surface area contributed by atoms with Gasteiger partial charge in [-0.15, -0.1) is 0 Å². The van der Waals surface area contributed by atoms with Crippen molar-refractivity contribution < 1.29 is 9.47 Å². The maximum atomic E-state index is 6.05. The Morgan fingerprint density at radius 1 is 0.407 bits per heavy atom. The summed E-state index contributed by atoms with van der Waals surface area (Å²) in [5.41, 5.74) is 0. The van der Waals surface area contributed by atoms with Crippen LogP contribution >= 0.6 is 0 Å². The van der Waals surface area contributed by atoms with Gasteiger partial charge in [-0.1, -0.05) is 98.3 Å². The molecule has 0 fully saturated rings. The zero-order valence-electron chi connectivity index (χ0n) is 19.4. The van der Waals surface area contributed by atoms with Crippen LogP contribution in [0.25, 0.3) is 0 Å². The van der Waals surface area contributed by atoms with E-state index in [4.69, 9.17) is 9.47 Å². The van der Waals surface area contributed by atoms with Crippen LogP contribution in [0.5, 0.6) is 0 Å². The summed E-state index contributed by atoms with van der Waals surface area (Å²) >= 11 is 0. The van der Waals surface area contributed by atoms with E-state index in [0.29, 0.717) is 12.2 Å². The topological polar surface area (TPSA) is 18.5 Å². The summed E-state index contributed by atoms with van der Waals surface area (Å²) in [7, 11) is 0. The van der Waals surface area contributed by atoms with Crippen molar-refractivity contribution in [3.63, 3.8) is 0 Å². The quantitative estimate of drug-likeness (QED) is 0.174. The number of unbranched alkanes of at least 4 members (excludes halogenated alkanes) is 8. The van der Waals surface area contributed by atoms with Crippen LogP contribution in [0.3, 0.4) is 0 Å². The Hall–Kier alpha value is -0.0800. The molecule has 0 N–H and O–H groups in total. The predicted octanol–water partition coefficient (Wildman–Crippen LogP) is 8.47. The van der Waals surface area contributed by atoms with Gasteiger partial charge in [-0.2, -0.15) is 0 Å². The van der Waals surface area contributed by atoms with Gasteiger partial charge in [0.15, 0.2) is 0 Å². The molecule has 0 amide bonds. The molecule has 0 rings (SSSR count). The number of hydrogen-bond donors (Lipinski definition) is 0. The van der Waals surface area contributed by atoms with E-state index in [1.54, 1.807) is 0 Å². The third kappa shape index (κ3) is 19.0. The van der Waals surface area contributed by atoms with Gasteiger partial charge in [0.25, 0.3) is 0 Å². The fourth-order valence-electron chi connectivity index (χ4n) is 3.68. The Morgan fingerprint density at radius 3 is 1.11 bits per heavy atom. The highest BCUT2D eigenvalue weighted by atomic mass is 16.5. The second-order valence-electron chi connectivity index (χ2n) is 8.32. The van der Waals surface area contributed by atoms with Crippen LogP contribution in [-0.4, -0.2) is 25.4 Å². The summed E-state index contributed by atoms with van der Waals surface area (Å²) in [6, 6.07) is 0. The maximum Gasteiger partial charge on any atom is 0.0575 e. The molecule has 0 heterocycles. The molecule has 0 aromatic rings. The van der Waals surface area contributed by atoms with Gasteiger partial charge in [-0.05, 0) is 38.5 Å². The van der Waals surface area contributed by atoms with E-state index in [2.05, 4.69) is 27.7 Å². The van der Waals surface area contributed by atoms with Crippen LogP contribution in [0.2, 0.25) is 0 Å². The molecular formula is C25H52O2. The summed E-state index contributed by atoms with van der Waals surface area (Å²) in [6.07, 6.45) is 23.1. The molecule has 0 aromatic heterocycles. The van der Waals surface area contributed by atoms with Gasteiger partial charge in [0.05, 0.1) is 12.2 Å². The number of hydrogen-bond acceptors (Lipinski definition) is 2. The highest BCUT2D eigenvalue weighted by molar-refractivity contribution is 4.60. The molecule has 164 valence electrons. The van der Waals surface area contributed by atoms with E-state index < -0.39 is 0 Å². The Balaban J connectivity index is 3.55. The molecule has 0 bridgehead atoms. The Kier molecular flexibility index (Phi) is 22.1. The van der Waals surface area contributed by atoms with E-state index in [1.807, 2.05) is 0 Å². The SMILES string of the molecule is CCCCOC(CCC)CCCCCCCCCC(CCC)OCCCC. The van der Waals surface area contributed by atoms with Crippen molar-refractivity contribution in [2.45, 2.75) is 149 Å². The molecule has 0 aliphatic carbocycles. The Labute approximate surface area is 172 Å². The van der Waals surface area contributed by atoms with Gasteiger partial charge in [-0.3, -0.25) is 0 Å². The van der Waals surface area contributed by atoms with E-state index in [-0.39, 0.29) is 0 Å². The van der Waals surface area contributed by atoms with Crippen molar-refractivity contribution in [3.05, 3.63) is 0 Å². The van der Waals surface area contributed by atoms with Crippen LogP contribution in [0.15, 0.2) is 0 Å². The molecule has 0 aliphatic heterocycles. The van der Waals surface area contributed by atoms with Crippen molar-refractivity contribution >= 4 is 0 Å². The van der Waals surface area contributed by atoms with Crippen LogP contribution in [-0.2, 0) is 9.47 Å².